The highest BCUT2D eigenvalue weighted by Crippen LogP contribution is 2.20. The molecule has 0 atom stereocenters. The Kier molecular flexibility index (Phi) is 4.28. The summed E-state index contributed by atoms with van der Waals surface area (Å²) in [5, 5.41) is 4.15. The van der Waals surface area contributed by atoms with Crippen LogP contribution in [-0.2, 0) is 6.42 Å². The minimum atomic E-state index is -0.0882. The van der Waals surface area contributed by atoms with Gasteiger partial charge in [-0.05, 0) is 72.3 Å². The maximum Gasteiger partial charge on any atom is 0.255 e. The van der Waals surface area contributed by atoms with E-state index in [4.69, 9.17) is 0 Å². The first-order chi connectivity index (χ1) is 12.7. The van der Waals surface area contributed by atoms with Gasteiger partial charge in [0.2, 0.25) is 0 Å². The van der Waals surface area contributed by atoms with E-state index >= 15 is 0 Å². The van der Waals surface area contributed by atoms with Crippen LogP contribution >= 0.6 is 0 Å². The number of carbonyl (C=O) groups excluding carboxylic acids is 1. The van der Waals surface area contributed by atoms with E-state index in [1.807, 2.05) is 48.5 Å². The molecule has 0 unspecified atom stereocenters. The first-order valence-electron chi connectivity index (χ1n) is 8.71. The van der Waals surface area contributed by atoms with Gasteiger partial charge in [-0.1, -0.05) is 36.4 Å². The summed E-state index contributed by atoms with van der Waals surface area (Å²) in [4.78, 5) is 15.8. The number of nitrogens with one attached hydrogen (secondary N) is 2. The molecular formula is C23H20N2O. The third kappa shape index (κ3) is 3.52. The Labute approximate surface area is 152 Å². The fourth-order valence-corrected chi connectivity index (χ4v) is 3.22. The number of hydrogen-bond acceptors (Lipinski definition) is 1. The summed E-state index contributed by atoms with van der Waals surface area (Å²) < 4.78 is 0. The lowest BCUT2D eigenvalue weighted by Crippen LogP contribution is -2.12. The van der Waals surface area contributed by atoms with Gasteiger partial charge >= 0.3 is 0 Å². The number of fused-ring (bicyclic) bond motifs is 1. The van der Waals surface area contributed by atoms with Crippen molar-refractivity contribution in [2.45, 2.75) is 13.3 Å². The number of rotatable bonds is 4. The molecule has 0 fully saturated rings. The van der Waals surface area contributed by atoms with Gasteiger partial charge in [-0.2, -0.15) is 0 Å². The van der Waals surface area contributed by atoms with Gasteiger partial charge in [0.1, 0.15) is 0 Å². The van der Waals surface area contributed by atoms with Crippen LogP contribution in [0, 0.1) is 6.92 Å². The highest BCUT2D eigenvalue weighted by atomic mass is 16.1. The molecule has 0 aliphatic heterocycles. The Morgan fingerprint density at radius 1 is 0.885 bits per heavy atom. The van der Waals surface area contributed by atoms with Crippen molar-refractivity contribution in [3.63, 3.8) is 0 Å². The molecule has 26 heavy (non-hydrogen) atoms. The number of anilines is 1. The van der Waals surface area contributed by atoms with E-state index in [1.165, 1.54) is 10.9 Å². The zero-order valence-corrected chi connectivity index (χ0v) is 14.6. The largest absolute Gasteiger partial charge is 0.359 e. The van der Waals surface area contributed by atoms with Crippen LogP contribution < -0.4 is 5.32 Å². The van der Waals surface area contributed by atoms with Crippen molar-refractivity contribution in [2.24, 2.45) is 0 Å². The molecule has 1 aromatic heterocycles. The van der Waals surface area contributed by atoms with E-state index in [1.54, 1.807) is 0 Å². The average molecular weight is 340 g/mol. The van der Waals surface area contributed by atoms with E-state index in [9.17, 15) is 4.79 Å². The molecule has 0 saturated carbocycles. The Morgan fingerprint density at radius 2 is 1.69 bits per heavy atom. The van der Waals surface area contributed by atoms with Crippen molar-refractivity contribution in [1.29, 1.82) is 0 Å². The molecule has 4 aromatic rings. The maximum absolute atomic E-state index is 12.5. The Balaban J connectivity index is 1.53. The lowest BCUT2D eigenvalue weighted by molar-refractivity contribution is 0.102. The monoisotopic (exact) mass is 340 g/mol. The molecule has 0 bridgehead atoms. The number of para-hydroxylation sites is 1. The third-order valence-electron chi connectivity index (χ3n) is 4.45. The predicted molar refractivity (Wildman–Crippen MR) is 107 cm³/mol. The highest BCUT2D eigenvalue weighted by molar-refractivity contribution is 6.04. The first-order valence-corrected chi connectivity index (χ1v) is 8.71. The normalized spacial score (nSPS) is 10.8. The molecule has 3 nitrogen and oxygen atoms in total. The summed E-state index contributed by atoms with van der Waals surface area (Å²) in [6.45, 7) is 2.06. The van der Waals surface area contributed by atoms with E-state index in [2.05, 4.69) is 47.6 Å². The molecule has 1 amide bonds. The smallest absolute Gasteiger partial charge is 0.255 e. The zero-order chi connectivity index (χ0) is 17.9. The van der Waals surface area contributed by atoms with E-state index in [0.29, 0.717) is 5.56 Å². The molecule has 128 valence electrons. The maximum atomic E-state index is 12.5. The molecular weight excluding hydrogens is 320 g/mol. The lowest BCUT2D eigenvalue weighted by atomic mass is 10.0. The second-order valence-electron chi connectivity index (χ2n) is 6.57. The average Bonchev–Trinajstić information content (AvgIpc) is 3.02. The third-order valence-corrected chi connectivity index (χ3v) is 4.45. The van der Waals surface area contributed by atoms with E-state index < -0.39 is 0 Å². The summed E-state index contributed by atoms with van der Waals surface area (Å²) in [5.74, 6) is -0.0882. The Morgan fingerprint density at radius 3 is 2.54 bits per heavy atom. The molecule has 1 heterocycles. The fourth-order valence-electron chi connectivity index (χ4n) is 3.22. The van der Waals surface area contributed by atoms with Crippen LogP contribution in [0.5, 0.6) is 0 Å². The van der Waals surface area contributed by atoms with Gasteiger partial charge in [-0.3, -0.25) is 4.79 Å². The predicted octanol–water partition coefficient (Wildman–Crippen LogP) is 5.32. The highest BCUT2D eigenvalue weighted by Gasteiger charge is 2.07. The molecule has 0 spiro atoms. The molecule has 3 heteroatoms. The molecule has 0 radical (unpaired) electrons. The van der Waals surface area contributed by atoms with Crippen LogP contribution in [0.25, 0.3) is 10.9 Å². The molecule has 0 aliphatic rings. The van der Waals surface area contributed by atoms with Crippen LogP contribution in [0.3, 0.4) is 0 Å². The number of aromatic nitrogens is 1. The van der Waals surface area contributed by atoms with Gasteiger partial charge in [0, 0.05) is 22.5 Å². The second-order valence-corrected chi connectivity index (χ2v) is 6.57. The number of carbonyl (C=O) groups is 1. The minimum absolute atomic E-state index is 0.0882. The van der Waals surface area contributed by atoms with Crippen molar-refractivity contribution in [2.75, 3.05) is 5.32 Å². The lowest BCUT2D eigenvalue weighted by Gasteiger charge is -2.07. The van der Waals surface area contributed by atoms with E-state index in [-0.39, 0.29) is 5.91 Å². The van der Waals surface area contributed by atoms with E-state index in [0.717, 1.165) is 28.9 Å². The topological polar surface area (TPSA) is 44.9 Å². The van der Waals surface area contributed by atoms with Gasteiger partial charge in [-0.25, -0.2) is 0 Å². The van der Waals surface area contributed by atoms with Gasteiger partial charge < -0.3 is 10.3 Å². The van der Waals surface area contributed by atoms with Crippen LogP contribution in [0.4, 0.5) is 5.69 Å². The Bertz CT molecular complexity index is 1060. The number of aromatic amines is 1. The van der Waals surface area contributed by atoms with Crippen molar-refractivity contribution in [1.82, 2.24) is 4.98 Å². The second kappa shape index (κ2) is 6.89. The van der Waals surface area contributed by atoms with Crippen molar-refractivity contribution in [3.8, 4) is 0 Å². The number of aryl methyl sites for hydroxylation is 1. The summed E-state index contributed by atoms with van der Waals surface area (Å²) >= 11 is 0. The number of hydrogen-bond donors (Lipinski definition) is 2. The quantitative estimate of drug-likeness (QED) is 0.519. The summed E-state index contributed by atoms with van der Waals surface area (Å²) in [5.41, 5.74) is 6.15. The number of amides is 1. The summed E-state index contributed by atoms with van der Waals surface area (Å²) in [6, 6.07) is 25.9. The van der Waals surface area contributed by atoms with Gasteiger partial charge in [0.25, 0.3) is 5.91 Å². The fraction of sp³-hybridized carbons (Fsp3) is 0.0870. The molecule has 3 aromatic carbocycles. The number of H-pyrrole nitrogens is 1. The summed E-state index contributed by atoms with van der Waals surface area (Å²) in [7, 11) is 0. The van der Waals surface area contributed by atoms with Crippen molar-refractivity contribution >= 4 is 22.5 Å². The van der Waals surface area contributed by atoms with Crippen LogP contribution in [0.2, 0.25) is 0 Å². The van der Waals surface area contributed by atoms with Crippen molar-refractivity contribution in [3.05, 3.63) is 101 Å². The van der Waals surface area contributed by atoms with Crippen LogP contribution in [0.1, 0.15) is 27.2 Å². The van der Waals surface area contributed by atoms with Crippen molar-refractivity contribution < 1.29 is 4.79 Å². The standard InChI is InChI=1S/C23H20N2O/c1-16-12-20-15-18(10-11-22(20)24-16)13-17-6-5-7-19(14-17)23(26)25-21-8-3-2-4-9-21/h2-12,14-15,24H,13H2,1H3,(H,25,26). The number of benzene rings is 3. The zero-order valence-electron chi connectivity index (χ0n) is 14.6. The first kappa shape index (κ1) is 16.2. The molecule has 4 rings (SSSR count). The van der Waals surface area contributed by atoms with Gasteiger partial charge in [-0.15, -0.1) is 0 Å². The summed E-state index contributed by atoms with van der Waals surface area (Å²) in [6.07, 6.45) is 0.798. The SMILES string of the molecule is Cc1cc2cc(Cc3cccc(C(=O)Nc4ccccc4)c3)ccc2[nH]1. The van der Waals surface area contributed by atoms with Gasteiger partial charge in [0.05, 0.1) is 0 Å². The minimum Gasteiger partial charge on any atom is -0.359 e. The molecule has 2 N–H and O–H groups in total. The van der Waals surface area contributed by atoms with Crippen LogP contribution in [-0.4, -0.2) is 10.9 Å². The Hall–Kier alpha value is -3.33. The molecule has 0 saturated heterocycles. The molecule has 0 aliphatic carbocycles. The van der Waals surface area contributed by atoms with Gasteiger partial charge in [0.15, 0.2) is 0 Å². The van der Waals surface area contributed by atoms with Crippen LogP contribution in [0.15, 0.2) is 78.9 Å².